The van der Waals surface area contributed by atoms with Crippen molar-refractivity contribution in [2.45, 2.75) is 31.9 Å². The van der Waals surface area contributed by atoms with Crippen LogP contribution in [0.25, 0.3) is 0 Å². The fourth-order valence-electron chi connectivity index (χ4n) is 1.65. The largest absolute Gasteiger partial charge is 0.467 e. The third-order valence-corrected chi connectivity index (χ3v) is 3.35. The smallest absolute Gasteiger partial charge is 0.338 e. The Morgan fingerprint density at radius 3 is 2.56 bits per heavy atom. The minimum Gasteiger partial charge on any atom is -0.467 e. The second kappa shape index (κ2) is 7.14. The lowest BCUT2D eigenvalue weighted by molar-refractivity contribution is -0.162. The molecule has 0 amide bonds. The fourth-order valence-corrected chi connectivity index (χ4v) is 2.52. The molecular weight excluding hydrogens is 226 g/mol. The van der Waals surface area contributed by atoms with Crippen LogP contribution in [-0.2, 0) is 9.53 Å². The molecule has 0 spiro atoms. The number of carbonyl (C=O) groups excluding carboxylic acids is 1. The lowest BCUT2D eigenvalue weighted by Crippen LogP contribution is -2.49. The Morgan fingerprint density at radius 2 is 2.19 bits per heavy atom. The van der Waals surface area contributed by atoms with Crippen LogP contribution in [0.2, 0.25) is 0 Å². The van der Waals surface area contributed by atoms with E-state index in [0.29, 0.717) is 12.6 Å². The minimum atomic E-state index is -1.44. The van der Waals surface area contributed by atoms with Gasteiger partial charge in [0, 0.05) is 18.3 Å². The third-order valence-electron chi connectivity index (χ3n) is 2.64. The average molecular weight is 249 g/mol. The van der Waals surface area contributed by atoms with Crippen LogP contribution in [0.4, 0.5) is 0 Å². The Hall–Kier alpha value is -0.260. The van der Waals surface area contributed by atoms with E-state index < -0.39 is 11.6 Å². The lowest BCUT2D eigenvalue weighted by Gasteiger charge is -2.32. The maximum absolute atomic E-state index is 11.3. The molecule has 0 heterocycles. The fraction of sp³-hybridized carbons (Fsp3) is 0.909. The molecule has 0 fully saturated rings. The van der Waals surface area contributed by atoms with Crippen molar-refractivity contribution in [2.24, 2.45) is 0 Å². The van der Waals surface area contributed by atoms with Crippen LogP contribution in [0.3, 0.4) is 0 Å². The molecule has 0 saturated heterocycles. The van der Waals surface area contributed by atoms with Crippen molar-refractivity contribution in [2.75, 3.05) is 32.7 Å². The summed E-state index contributed by atoms with van der Waals surface area (Å²) in [5, 5.41) is 9.94. The highest BCUT2D eigenvalue weighted by atomic mass is 32.2. The van der Waals surface area contributed by atoms with Crippen molar-refractivity contribution in [3.8, 4) is 0 Å². The number of ether oxygens (including phenoxy) is 1. The summed E-state index contributed by atoms with van der Waals surface area (Å²) in [6.07, 6.45) is 3.05. The minimum absolute atomic E-state index is 0.290. The van der Waals surface area contributed by atoms with Gasteiger partial charge >= 0.3 is 5.97 Å². The lowest BCUT2D eigenvalue weighted by atomic mass is 10.1. The van der Waals surface area contributed by atoms with Crippen molar-refractivity contribution in [3.63, 3.8) is 0 Å². The van der Waals surface area contributed by atoms with Crippen LogP contribution in [0.5, 0.6) is 0 Å². The van der Waals surface area contributed by atoms with Crippen LogP contribution < -0.4 is 0 Å². The second-order valence-electron chi connectivity index (χ2n) is 4.20. The van der Waals surface area contributed by atoms with Crippen molar-refractivity contribution in [1.29, 1.82) is 0 Å². The molecule has 0 aliphatic rings. The molecule has 0 aromatic carbocycles. The van der Waals surface area contributed by atoms with Crippen LogP contribution in [0.1, 0.15) is 20.3 Å². The molecule has 0 saturated carbocycles. The molecular formula is C11H23NO3S. The molecule has 0 aliphatic heterocycles. The number of methoxy groups -OCH3 is 1. The van der Waals surface area contributed by atoms with E-state index in [1.165, 1.54) is 14.0 Å². The zero-order valence-corrected chi connectivity index (χ0v) is 11.6. The van der Waals surface area contributed by atoms with Gasteiger partial charge in [-0.05, 0) is 26.6 Å². The van der Waals surface area contributed by atoms with E-state index in [-0.39, 0.29) is 0 Å². The SMILES string of the molecule is CCC(CSC)N(C)CC(C)(O)C(=O)OC. The summed E-state index contributed by atoms with van der Waals surface area (Å²) in [5.41, 5.74) is -1.44. The standard InChI is InChI=1S/C11H23NO3S/c1-6-9(7-16-5)12(3)8-11(2,14)10(13)15-4/h9,14H,6-8H2,1-5H3. The summed E-state index contributed by atoms with van der Waals surface area (Å²) >= 11 is 1.76. The number of nitrogens with zero attached hydrogens (tertiary/aromatic N) is 1. The van der Waals surface area contributed by atoms with Crippen molar-refractivity contribution < 1.29 is 14.6 Å². The van der Waals surface area contributed by atoms with Crippen LogP contribution in [-0.4, -0.2) is 60.3 Å². The Morgan fingerprint density at radius 1 is 1.62 bits per heavy atom. The van der Waals surface area contributed by atoms with Crippen molar-refractivity contribution in [3.05, 3.63) is 0 Å². The van der Waals surface area contributed by atoms with E-state index >= 15 is 0 Å². The first-order valence-corrected chi connectivity index (χ1v) is 6.78. The van der Waals surface area contributed by atoms with Gasteiger partial charge in [-0.1, -0.05) is 6.92 Å². The van der Waals surface area contributed by atoms with Crippen LogP contribution >= 0.6 is 11.8 Å². The average Bonchev–Trinajstić information content (AvgIpc) is 2.23. The molecule has 2 unspecified atom stereocenters. The number of carbonyl (C=O) groups is 1. The molecule has 5 heteroatoms. The number of esters is 1. The van der Waals surface area contributed by atoms with Gasteiger partial charge in [-0.15, -0.1) is 0 Å². The van der Waals surface area contributed by atoms with Gasteiger partial charge in [0.05, 0.1) is 7.11 Å². The highest BCUT2D eigenvalue weighted by molar-refractivity contribution is 7.98. The van der Waals surface area contributed by atoms with E-state index in [1.807, 2.05) is 11.9 Å². The number of hydrogen-bond donors (Lipinski definition) is 1. The van der Waals surface area contributed by atoms with E-state index in [2.05, 4.69) is 17.9 Å². The van der Waals surface area contributed by atoms with Gasteiger partial charge in [-0.2, -0.15) is 11.8 Å². The monoisotopic (exact) mass is 249 g/mol. The topological polar surface area (TPSA) is 49.8 Å². The maximum Gasteiger partial charge on any atom is 0.338 e. The summed E-state index contributed by atoms with van der Waals surface area (Å²) in [6, 6.07) is 0.367. The Balaban J connectivity index is 4.40. The quantitative estimate of drug-likeness (QED) is 0.682. The molecule has 0 bridgehead atoms. The first-order valence-electron chi connectivity index (χ1n) is 5.39. The molecule has 0 aliphatic carbocycles. The summed E-state index contributed by atoms with van der Waals surface area (Å²) in [4.78, 5) is 13.3. The molecule has 16 heavy (non-hydrogen) atoms. The maximum atomic E-state index is 11.3. The highest BCUT2D eigenvalue weighted by Crippen LogP contribution is 2.14. The summed E-state index contributed by atoms with van der Waals surface area (Å²) in [5.74, 6) is 0.405. The van der Waals surface area contributed by atoms with Gasteiger partial charge < -0.3 is 9.84 Å². The van der Waals surface area contributed by atoms with Crippen molar-refractivity contribution >= 4 is 17.7 Å². The molecule has 0 aromatic rings. The Labute approximate surface area is 102 Å². The second-order valence-corrected chi connectivity index (χ2v) is 5.11. The first-order chi connectivity index (χ1) is 7.38. The van der Waals surface area contributed by atoms with Gasteiger partial charge in [0.25, 0.3) is 0 Å². The number of aliphatic hydroxyl groups is 1. The molecule has 0 aromatic heterocycles. The van der Waals surface area contributed by atoms with Crippen LogP contribution in [0, 0.1) is 0 Å². The summed E-state index contributed by atoms with van der Waals surface area (Å²) < 4.78 is 4.57. The predicted octanol–water partition coefficient (Wildman–Crippen LogP) is 0.984. The molecule has 1 N–H and O–H groups in total. The Kier molecular flexibility index (Phi) is 7.03. The normalized spacial score (nSPS) is 16.9. The number of rotatable bonds is 7. The molecule has 4 nitrogen and oxygen atoms in total. The van der Waals surface area contributed by atoms with Gasteiger partial charge in [-0.25, -0.2) is 4.79 Å². The van der Waals surface area contributed by atoms with Gasteiger partial charge in [0.1, 0.15) is 0 Å². The van der Waals surface area contributed by atoms with E-state index in [9.17, 15) is 9.90 Å². The van der Waals surface area contributed by atoms with E-state index in [1.54, 1.807) is 11.8 Å². The van der Waals surface area contributed by atoms with Gasteiger partial charge in [0.2, 0.25) is 0 Å². The zero-order chi connectivity index (χ0) is 12.8. The predicted molar refractivity (Wildman–Crippen MR) is 67.7 cm³/mol. The van der Waals surface area contributed by atoms with Crippen LogP contribution in [0.15, 0.2) is 0 Å². The number of thioether (sulfide) groups is 1. The molecule has 2 atom stereocenters. The Bertz CT molecular complexity index is 221. The highest BCUT2D eigenvalue weighted by Gasteiger charge is 2.34. The molecule has 0 rings (SSSR count). The third kappa shape index (κ3) is 4.72. The summed E-state index contributed by atoms with van der Waals surface area (Å²) in [6.45, 7) is 3.88. The first kappa shape index (κ1) is 15.7. The zero-order valence-electron chi connectivity index (χ0n) is 10.8. The van der Waals surface area contributed by atoms with Gasteiger partial charge in [-0.3, -0.25) is 4.90 Å². The van der Waals surface area contributed by atoms with Gasteiger partial charge in [0.15, 0.2) is 5.60 Å². The number of likely N-dealkylation sites (N-methyl/N-ethyl adjacent to an activating group) is 1. The van der Waals surface area contributed by atoms with Crippen molar-refractivity contribution in [1.82, 2.24) is 4.90 Å². The van der Waals surface area contributed by atoms with E-state index in [4.69, 9.17) is 0 Å². The molecule has 0 radical (unpaired) electrons. The van der Waals surface area contributed by atoms with E-state index in [0.717, 1.165) is 12.2 Å². The molecule has 96 valence electrons. The summed E-state index contributed by atoms with van der Waals surface area (Å²) in [7, 11) is 3.21. The number of hydrogen-bond acceptors (Lipinski definition) is 5.